The molecule has 5 aromatic rings. The smallest absolute Gasteiger partial charge is 0.433 e. The van der Waals surface area contributed by atoms with Gasteiger partial charge in [0.25, 0.3) is 5.91 Å². The molecule has 8 rings (SSSR count). The number of anilines is 2. The third kappa shape index (κ3) is 7.91. The molecule has 59 heavy (non-hydrogen) atoms. The second-order valence-electron chi connectivity index (χ2n) is 15.7. The molecule has 2 saturated heterocycles. The standard InChI is InChI=1S/C41H44F4N8O5S/c1-50(24-15-17-52(18-16-24)35-25(42)11-12-29-36(35)51(2)40(57)53(29)30-13-14-34(54)49-38(30)56)21-22-7-9-23(10-8-22)39-48-28-19-31(58-3)27(20-32(28)59-39)47-37(55)26-5-4-6-33(46-26)41(43,44)45/h4-6,11-12,19-20,22-24,30H,7-10,13-18,21H2,1-3H3,(H,47,55)(H,49,54,56)/t22-,23-,30?. The lowest BCUT2D eigenvalue weighted by molar-refractivity contribution is -0.141. The molecule has 0 spiro atoms. The van der Waals surface area contributed by atoms with Crippen molar-refractivity contribution in [1.29, 1.82) is 0 Å². The highest BCUT2D eigenvalue weighted by atomic mass is 32.1. The summed E-state index contributed by atoms with van der Waals surface area (Å²) in [5.74, 6) is -1.01. The van der Waals surface area contributed by atoms with Crippen LogP contribution in [0.3, 0.4) is 0 Å². The number of hydrogen-bond acceptors (Lipinski definition) is 10. The topological polar surface area (TPSA) is 144 Å². The van der Waals surface area contributed by atoms with Gasteiger partial charge in [0.1, 0.15) is 29.0 Å². The van der Waals surface area contributed by atoms with Crippen molar-refractivity contribution in [2.75, 3.05) is 44.0 Å². The maximum Gasteiger partial charge on any atom is 0.433 e. The van der Waals surface area contributed by atoms with E-state index in [1.807, 2.05) is 4.90 Å². The number of nitrogens with zero attached hydrogens (tertiary/aromatic N) is 6. The average Bonchev–Trinajstić information content (AvgIpc) is 3.74. The van der Waals surface area contributed by atoms with Crippen LogP contribution in [0.2, 0.25) is 0 Å². The zero-order valence-corrected chi connectivity index (χ0v) is 33.6. The van der Waals surface area contributed by atoms with Crippen molar-refractivity contribution in [3.8, 4) is 5.75 Å². The molecule has 1 saturated carbocycles. The molecule has 2 aromatic carbocycles. The molecule has 1 unspecified atom stereocenters. The second kappa shape index (κ2) is 16.0. The van der Waals surface area contributed by atoms with Crippen LogP contribution in [0, 0.1) is 11.7 Å². The highest BCUT2D eigenvalue weighted by molar-refractivity contribution is 7.18. The maximum atomic E-state index is 15.6. The van der Waals surface area contributed by atoms with E-state index in [9.17, 15) is 32.3 Å². The Morgan fingerprint density at radius 3 is 2.46 bits per heavy atom. The van der Waals surface area contributed by atoms with Crippen molar-refractivity contribution in [3.63, 3.8) is 0 Å². The largest absolute Gasteiger partial charge is 0.494 e. The molecule has 1 aliphatic carbocycles. The number of aryl methyl sites for hydroxylation is 1. The van der Waals surface area contributed by atoms with Gasteiger partial charge in [-0.2, -0.15) is 13.2 Å². The van der Waals surface area contributed by atoms with Gasteiger partial charge in [-0.25, -0.2) is 19.2 Å². The zero-order valence-electron chi connectivity index (χ0n) is 32.8. The number of carbonyl (C=O) groups excluding carboxylic acids is 3. The number of alkyl halides is 3. The fraction of sp³-hybridized carbons (Fsp3) is 0.463. The van der Waals surface area contributed by atoms with Gasteiger partial charge in [-0.15, -0.1) is 11.3 Å². The lowest BCUT2D eigenvalue weighted by Crippen LogP contribution is -2.45. The van der Waals surface area contributed by atoms with Crippen molar-refractivity contribution < 1.29 is 36.7 Å². The molecular weight excluding hydrogens is 793 g/mol. The number of benzene rings is 2. The van der Waals surface area contributed by atoms with E-state index in [1.54, 1.807) is 19.2 Å². The quantitative estimate of drug-likeness (QED) is 0.124. The number of hydrogen-bond donors (Lipinski definition) is 2. The molecular formula is C41H44F4N8O5S. The predicted molar refractivity (Wildman–Crippen MR) is 214 cm³/mol. The summed E-state index contributed by atoms with van der Waals surface area (Å²) >= 11 is 1.54. The number of imidazole rings is 1. The molecule has 2 aliphatic heterocycles. The van der Waals surface area contributed by atoms with Crippen molar-refractivity contribution >= 4 is 61.7 Å². The van der Waals surface area contributed by atoms with Crippen LogP contribution >= 0.6 is 11.3 Å². The molecule has 2 N–H and O–H groups in total. The monoisotopic (exact) mass is 836 g/mol. The van der Waals surface area contributed by atoms with Gasteiger partial charge in [0.05, 0.1) is 44.7 Å². The normalized spacial score (nSPS) is 20.7. The Morgan fingerprint density at radius 1 is 1.02 bits per heavy atom. The Kier molecular flexibility index (Phi) is 11.0. The first-order valence-corrected chi connectivity index (χ1v) is 20.5. The van der Waals surface area contributed by atoms with E-state index in [-0.39, 0.29) is 30.4 Å². The van der Waals surface area contributed by atoms with E-state index < -0.39 is 41.2 Å². The van der Waals surface area contributed by atoms with Gasteiger partial charge in [-0.1, -0.05) is 6.07 Å². The highest BCUT2D eigenvalue weighted by Crippen LogP contribution is 2.42. The maximum absolute atomic E-state index is 15.6. The SMILES string of the molecule is COc1cc2nc([C@H]3CC[C@H](CN(C)C4CCN(c5c(F)ccc6c5n(C)c(=O)n6C5CCC(=O)NC5=O)CC4)CC3)sc2cc1NC(=O)c1cccc(C(F)(F)F)n1. The number of rotatable bonds is 9. The van der Waals surface area contributed by atoms with Gasteiger partial charge < -0.3 is 19.9 Å². The molecule has 312 valence electrons. The highest BCUT2D eigenvalue weighted by Gasteiger charge is 2.35. The lowest BCUT2D eigenvalue weighted by atomic mass is 9.82. The third-order valence-corrected chi connectivity index (χ3v) is 13.3. The number of halogens is 4. The van der Waals surface area contributed by atoms with E-state index in [1.165, 1.54) is 45.8 Å². The Balaban J connectivity index is 0.876. The van der Waals surface area contributed by atoms with Crippen LogP contribution in [-0.2, 0) is 22.8 Å². The number of thiazole rings is 1. The number of piperidine rings is 2. The van der Waals surface area contributed by atoms with E-state index in [4.69, 9.17) is 9.72 Å². The number of amides is 3. The minimum atomic E-state index is -4.68. The number of pyridine rings is 1. The number of fused-ring (bicyclic) bond motifs is 2. The summed E-state index contributed by atoms with van der Waals surface area (Å²) in [5.41, 5.74) is 0.351. The van der Waals surface area contributed by atoms with Crippen LogP contribution in [0.4, 0.5) is 28.9 Å². The molecule has 13 nitrogen and oxygen atoms in total. The number of ether oxygens (including phenoxy) is 1. The number of aromatic nitrogens is 4. The fourth-order valence-corrected chi connectivity index (χ4v) is 10.1. The molecule has 0 radical (unpaired) electrons. The Hall–Kier alpha value is -5.36. The Morgan fingerprint density at radius 2 is 1.76 bits per heavy atom. The fourth-order valence-electron chi connectivity index (χ4n) is 8.96. The zero-order chi connectivity index (χ0) is 41.7. The second-order valence-corrected chi connectivity index (χ2v) is 16.8. The van der Waals surface area contributed by atoms with Crippen LogP contribution in [0.1, 0.15) is 84.5 Å². The van der Waals surface area contributed by atoms with Crippen molar-refractivity contribution in [3.05, 3.63) is 75.2 Å². The molecule has 3 aromatic heterocycles. The summed E-state index contributed by atoms with van der Waals surface area (Å²) in [6.45, 7) is 2.14. The van der Waals surface area contributed by atoms with Gasteiger partial charge in [0, 0.05) is 51.1 Å². The van der Waals surface area contributed by atoms with Gasteiger partial charge in [-0.3, -0.25) is 28.8 Å². The van der Waals surface area contributed by atoms with E-state index in [0.717, 1.165) is 72.4 Å². The number of carbonyl (C=O) groups is 3. The van der Waals surface area contributed by atoms with Crippen LogP contribution in [0.15, 0.2) is 47.3 Å². The molecule has 5 heterocycles. The summed E-state index contributed by atoms with van der Waals surface area (Å²) in [5, 5.41) is 5.97. The number of methoxy groups -OCH3 is 1. The van der Waals surface area contributed by atoms with E-state index in [2.05, 4.69) is 27.6 Å². The molecule has 0 bridgehead atoms. The molecule has 3 amide bonds. The molecule has 1 atom stereocenters. The first-order chi connectivity index (χ1) is 28.2. The number of imide groups is 1. The van der Waals surface area contributed by atoms with Crippen LogP contribution in [0.5, 0.6) is 5.75 Å². The van der Waals surface area contributed by atoms with Crippen molar-refractivity contribution in [2.24, 2.45) is 13.0 Å². The first kappa shape index (κ1) is 40.4. The summed E-state index contributed by atoms with van der Waals surface area (Å²) in [7, 11) is 5.19. The average molecular weight is 837 g/mol. The van der Waals surface area contributed by atoms with Crippen molar-refractivity contribution in [1.82, 2.24) is 29.3 Å². The van der Waals surface area contributed by atoms with E-state index in [0.29, 0.717) is 53.2 Å². The van der Waals surface area contributed by atoms with Gasteiger partial charge >= 0.3 is 11.9 Å². The summed E-state index contributed by atoms with van der Waals surface area (Å²) in [6, 6.07) is 8.99. The van der Waals surface area contributed by atoms with Gasteiger partial charge in [-0.05, 0) is 88.2 Å². The minimum absolute atomic E-state index is 0.124. The van der Waals surface area contributed by atoms with Crippen molar-refractivity contribution in [2.45, 2.75) is 75.5 Å². The first-order valence-electron chi connectivity index (χ1n) is 19.7. The van der Waals surface area contributed by atoms with Gasteiger partial charge in [0.2, 0.25) is 11.8 Å². The number of nitrogens with one attached hydrogen (secondary N) is 2. The summed E-state index contributed by atoms with van der Waals surface area (Å²) in [4.78, 5) is 63.7. The molecule has 18 heteroatoms. The minimum Gasteiger partial charge on any atom is -0.494 e. The molecule has 3 aliphatic rings. The predicted octanol–water partition coefficient (Wildman–Crippen LogP) is 6.62. The van der Waals surface area contributed by atoms with Crippen LogP contribution in [-0.4, -0.2) is 81.6 Å². The van der Waals surface area contributed by atoms with E-state index >= 15 is 4.39 Å². The van der Waals surface area contributed by atoms with Crippen LogP contribution in [0.25, 0.3) is 21.3 Å². The Labute approximate surface area is 340 Å². The summed E-state index contributed by atoms with van der Waals surface area (Å²) in [6.07, 6.45) is 1.29. The third-order valence-electron chi connectivity index (χ3n) is 12.1. The molecule has 3 fully saturated rings. The summed E-state index contributed by atoms with van der Waals surface area (Å²) < 4.78 is 64.3. The Bertz CT molecular complexity index is 2500. The van der Waals surface area contributed by atoms with Crippen LogP contribution < -0.4 is 26.0 Å². The van der Waals surface area contributed by atoms with Gasteiger partial charge in [0.15, 0.2) is 0 Å². The lowest BCUT2D eigenvalue weighted by Gasteiger charge is -2.40.